The predicted octanol–water partition coefficient (Wildman–Crippen LogP) is 6.36. The van der Waals surface area contributed by atoms with Crippen molar-refractivity contribution in [2.75, 3.05) is 18.4 Å². The lowest BCUT2D eigenvalue weighted by molar-refractivity contribution is -0.137. The lowest BCUT2D eigenvalue weighted by Crippen LogP contribution is -2.30. The fourth-order valence-electron chi connectivity index (χ4n) is 4.82. The number of carbonyl (C=O) groups is 1. The highest BCUT2D eigenvalue weighted by Gasteiger charge is 2.30. The molecular formula is C29H30F3N5O2. The summed E-state index contributed by atoms with van der Waals surface area (Å²) in [5.74, 6) is 1.85. The Hall–Kier alpha value is -3.92. The number of imidazole rings is 1. The van der Waals surface area contributed by atoms with Crippen LogP contribution in [0.5, 0.6) is 11.5 Å². The third kappa shape index (κ3) is 6.06. The van der Waals surface area contributed by atoms with Crippen molar-refractivity contribution in [2.45, 2.75) is 38.9 Å². The van der Waals surface area contributed by atoms with Crippen LogP contribution in [0.1, 0.15) is 31.5 Å². The first kappa shape index (κ1) is 26.7. The van der Waals surface area contributed by atoms with Crippen LogP contribution in [0.15, 0.2) is 60.8 Å². The molecule has 3 heterocycles. The first-order valence-corrected chi connectivity index (χ1v) is 12.9. The largest absolute Gasteiger partial charge is 0.457 e. The number of alkyl halides is 3. The molecule has 0 amide bonds. The second kappa shape index (κ2) is 10.7. The highest BCUT2D eigenvalue weighted by atomic mass is 19.4. The van der Waals surface area contributed by atoms with E-state index in [-0.39, 0.29) is 18.1 Å². The monoisotopic (exact) mass is 537 g/mol. The quantitative estimate of drug-likeness (QED) is 0.282. The maximum absolute atomic E-state index is 12.9. The number of hydrogen-bond donors (Lipinski definition) is 1. The third-order valence-electron chi connectivity index (χ3n) is 7.11. The van der Waals surface area contributed by atoms with E-state index in [4.69, 9.17) is 4.74 Å². The first-order valence-electron chi connectivity index (χ1n) is 12.9. The van der Waals surface area contributed by atoms with Crippen molar-refractivity contribution in [3.05, 3.63) is 72.1 Å². The van der Waals surface area contributed by atoms with Crippen LogP contribution in [0.25, 0.3) is 11.0 Å². The number of pyridine rings is 1. The number of Topliss-reactive ketones (excluding diaryl/α,β-unsaturated/α-hetero) is 1. The maximum Gasteiger partial charge on any atom is 0.416 e. The lowest BCUT2D eigenvalue weighted by Gasteiger charge is -2.19. The number of halogens is 3. The summed E-state index contributed by atoms with van der Waals surface area (Å²) in [5.41, 5.74) is 1.93. The molecule has 1 aliphatic heterocycles. The van der Waals surface area contributed by atoms with Crippen LogP contribution in [-0.2, 0) is 24.4 Å². The summed E-state index contributed by atoms with van der Waals surface area (Å²) in [7, 11) is 1.82. The van der Waals surface area contributed by atoms with E-state index in [1.165, 1.54) is 12.1 Å². The van der Waals surface area contributed by atoms with Crippen LogP contribution in [-0.4, -0.2) is 44.3 Å². The van der Waals surface area contributed by atoms with Crippen molar-refractivity contribution in [3.8, 4) is 11.5 Å². The zero-order valence-electron chi connectivity index (χ0n) is 22.0. The molecule has 1 fully saturated rings. The maximum atomic E-state index is 12.9. The zero-order chi connectivity index (χ0) is 27.7. The molecule has 0 aliphatic carbocycles. The van der Waals surface area contributed by atoms with E-state index in [1.807, 2.05) is 23.7 Å². The number of ether oxygens (including phenoxy) is 1. The molecule has 204 valence electrons. The van der Waals surface area contributed by atoms with Crippen LogP contribution < -0.4 is 10.1 Å². The fraction of sp³-hybridized carbons (Fsp3) is 0.345. The summed E-state index contributed by atoms with van der Waals surface area (Å²) in [4.78, 5) is 24.1. The minimum absolute atomic E-state index is 0.0377. The molecular weight excluding hydrogens is 507 g/mol. The minimum Gasteiger partial charge on any atom is -0.457 e. The molecule has 5 rings (SSSR count). The number of nitrogens with zero attached hydrogens (tertiary/aromatic N) is 4. The topological polar surface area (TPSA) is 72.3 Å². The Morgan fingerprint density at radius 3 is 2.54 bits per heavy atom. The van der Waals surface area contributed by atoms with Gasteiger partial charge < -0.3 is 19.5 Å². The van der Waals surface area contributed by atoms with Crippen molar-refractivity contribution >= 4 is 28.5 Å². The van der Waals surface area contributed by atoms with E-state index in [1.54, 1.807) is 24.4 Å². The van der Waals surface area contributed by atoms with Gasteiger partial charge >= 0.3 is 6.18 Å². The number of anilines is 2. The fourth-order valence-corrected chi connectivity index (χ4v) is 4.82. The Balaban J connectivity index is 1.26. The number of carbonyl (C=O) groups excluding carboxylic acids is 1. The van der Waals surface area contributed by atoms with Gasteiger partial charge in [-0.3, -0.25) is 9.78 Å². The van der Waals surface area contributed by atoms with E-state index in [2.05, 4.69) is 34.0 Å². The first-order chi connectivity index (χ1) is 18.6. The van der Waals surface area contributed by atoms with Gasteiger partial charge in [0.25, 0.3) is 0 Å². The normalized spacial score (nSPS) is 16.2. The van der Waals surface area contributed by atoms with Crippen LogP contribution in [0.4, 0.5) is 24.8 Å². The Labute approximate surface area is 224 Å². The molecule has 0 bridgehead atoms. The van der Waals surface area contributed by atoms with Gasteiger partial charge in [-0.15, -0.1) is 0 Å². The van der Waals surface area contributed by atoms with Gasteiger partial charge in [0.05, 0.1) is 22.3 Å². The molecule has 7 nitrogen and oxygen atoms in total. The molecule has 2 aromatic carbocycles. The van der Waals surface area contributed by atoms with Crippen LogP contribution >= 0.6 is 0 Å². The number of aryl methyl sites for hydroxylation is 1. The molecule has 0 radical (unpaired) electrons. The van der Waals surface area contributed by atoms with Crippen LogP contribution in [0.2, 0.25) is 0 Å². The summed E-state index contributed by atoms with van der Waals surface area (Å²) in [6.45, 7) is 6.04. The number of hydrogen-bond acceptors (Lipinski definition) is 6. The summed E-state index contributed by atoms with van der Waals surface area (Å²) in [6, 6.07) is 14.2. The Morgan fingerprint density at radius 1 is 1.10 bits per heavy atom. The molecule has 0 saturated carbocycles. The van der Waals surface area contributed by atoms with Gasteiger partial charge in [-0.05, 0) is 69.3 Å². The van der Waals surface area contributed by atoms with E-state index in [0.717, 1.165) is 37.2 Å². The zero-order valence-corrected chi connectivity index (χ0v) is 22.0. The van der Waals surface area contributed by atoms with E-state index in [0.29, 0.717) is 40.4 Å². The molecule has 1 aliphatic rings. The Kier molecular flexibility index (Phi) is 7.31. The van der Waals surface area contributed by atoms with Crippen molar-refractivity contribution in [2.24, 2.45) is 13.0 Å². The average Bonchev–Trinajstić information content (AvgIpc) is 3.50. The summed E-state index contributed by atoms with van der Waals surface area (Å²) >= 11 is 0. The van der Waals surface area contributed by atoms with Crippen molar-refractivity contribution in [1.29, 1.82) is 0 Å². The number of nitrogens with one attached hydrogen (secondary N) is 1. The summed E-state index contributed by atoms with van der Waals surface area (Å²) < 4.78 is 46.4. The third-order valence-corrected chi connectivity index (χ3v) is 7.11. The van der Waals surface area contributed by atoms with Crippen LogP contribution in [0, 0.1) is 5.92 Å². The van der Waals surface area contributed by atoms with Gasteiger partial charge in [-0.25, -0.2) is 4.98 Å². The van der Waals surface area contributed by atoms with Gasteiger partial charge in [0, 0.05) is 56.0 Å². The number of fused-ring (bicyclic) bond motifs is 1. The standard InChI is InChI=1S/C29H30F3N5O2/c1-18(2)37-13-11-19(17-37)27(38)15-22-14-24(10-12-33-22)39-23-8-9-26-25(16-23)35-28(36(26)3)34-21-6-4-20(5-7-21)29(30,31)32/h4-10,12,14,16,18-19H,11,13,15,17H2,1-3H3,(H,34,35)/t19-/m1/s1. The summed E-state index contributed by atoms with van der Waals surface area (Å²) in [5, 5.41) is 3.07. The molecule has 39 heavy (non-hydrogen) atoms. The van der Waals surface area contributed by atoms with Gasteiger partial charge in [0.15, 0.2) is 0 Å². The molecule has 0 spiro atoms. The number of aromatic nitrogens is 3. The molecule has 1 N–H and O–H groups in total. The second-order valence-corrected chi connectivity index (χ2v) is 10.1. The van der Waals surface area contributed by atoms with E-state index in [9.17, 15) is 18.0 Å². The highest BCUT2D eigenvalue weighted by molar-refractivity contribution is 5.83. The number of benzene rings is 2. The molecule has 10 heteroatoms. The van der Waals surface area contributed by atoms with E-state index >= 15 is 0 Å². The number of ketones is 1. The van der Waals surface area contributed by atoms with Crippen molar-refractivity contribution in [3.63, 3.8) is 0 Å². The predicted molar refractivity (Wildman–Crippen MR) is 143 cm³/mol. The molecule has 2 aromatic heterocycles. The van der Waals surface area contributed by atoms with Gasteiger partial charge in [-0.2, -0.15) is 13.2 Å². The molecule has 0 unspecified atom stereocenters. The highest BCUT2D eigenvalue weighted by Crippen LogP contribution is 2.32. The second-order valence-electron chi connectivity index (χ2n) is 10.1. The van der Waals surface area contributed by atoms with Gasteiger partial charge in [0.1, 0.15) is 17.3 Å². The lowest BCUT2D eigenvalue weighted by atomic mass is 9.99. The SMILES string of the molecule is CC(C)N1CC[C@@H](C(=O)Cc2cc(Oc3ccc4c(c3)nc(Nc3ccc(C(F)(F)F)cc3)n4C)ccn2)C1. The summed E-state index contributed by atoms with van der Waals surface area (Å²) in [6.07, 6.45) is -1.60. The Morgan fingerprint density at radius 2 is 1.85 bits per heavy atom. The smallest absolute Gasteiger partial charge is 0.416 e. The van der Waals surface area contributed by atoms with Crippen molar-refractivity contribution in [1.82, 2.24) is 19.4 Å². The van der Waals surface area contributed by atoms with Crippen molar-refractivity contribution < 1.29 is 22.7 Å². The number of likely N-dealkylation sites (tertiary alicyclic amines) is 1. The molecule has 1 atom stereocenters. The Bertz CT molecular complexity index is 1480. The molecule has 1 saturated heterocycles. The van der Waals surface area contributed by atoms with Gasteiger partial charge in [0.2, 0.25) is 5.95 Å². The van der Waals surface area contributed by atoms with Crippen LogP contribution in [0.3, 0.4) is 0 Å². The molecule has 4 aromatic rings. The minimum atomic E-state index is -4.39. The van der Waals surface area contributed by atoms with Gasteiger partial charge in [-0.1, -0.05) is 0 Å². The average molecular weight is 538 g/mol. The number of rotatable bonds is 8. The van der Waals surface area contributed by atoms with E-state index < -0.39 is 11.7 Å².